The Hall–Kier alpha value is -3.81. The molecule has 0 aliphatic carbocycles. The number of aryl methyl sites for hydroxylation is 1. The van der Waals surface area contributed by atoms with Crippen LogP contribution in [0.1, 0.15) is 18.5 Å². The zero-order valence-corrected chi connectivity index (χ0v) is 17.7. The second-order valence-electron chi connectivity index (χ2n) is 7.37. The maximum Gasteiger partial charge on any atom is 0.323 e. The number of benzene rings is 2. The first-order valence-corrected chi connectivity index (χ1v) is 10.3. The van der Waals surface area contributed by atoms with E-state index in [-0.39, 0.29) is 6.03 Å². The van der Waals surface area contributed by atoms with Crippen molar-refractivity contribution >= 4 is 34.9 Å². The number of hydrogen-bond acceptors (Lipinski definition) is 6. The van der Waals surface area contributed by atoms with Crippen LogP contribution >= 0.6 is 0 Å². The van der Waals surface area contributed by atoms with E-state index in [0.717, 1.165) is 36.2 Å². The number of carbonyl (C=O) groups excluding carboxylic acids is 1. The predicted molar refractivity (Wildman–Crippen MR) is 124 cm³/mol. The molecule has 0 saturated carbocycles. The average molecular weight is 419 g/mol. The molecule has 0 spiro atoms. The van der Waals surface area contributed by atoms with Crippen LogP contribution in [0.4, 0.5) is 33.6 Å². The minimum Gasteiger partial charge on any atom is -0.495 e. The fourth-order valence-corrected chi connectivity index (χ4v) is 3.49. The molecule has 2 amide bonds. The van der Waals surface area contributed by atoms with Crippen molar-refractivity contribution < 1.29 is 9.53 Å². The van der Waals surface area contributed by atoms with Gasteiger partial charge >= 0.3 is 6.03 Å². The molecule has 1 aliphatic rings. The maximum absolute atomic E-state index is 12.3. The lowest BCUT2D eigenvalue weighted by Gasteiger charge is -2.17. The third kappa shape index (κ3) is 5.22. The van der Waals surface area contributed by atoms with Gasteiger partial charge in [-0.05, 0) is 56.2 Å². The highest BCUT2D eigenvalue weighted by Gasteiger charge is 2.16. The fourth-order valence-electron chi connectivity index (χ4n) is 3.49. The average Bonchev–Trinajstić information content (AvgIpc) is 3.30. The monoisotopic (exact) mass is 418 g/mol. The van der Waals surface area contributed by atoms with Crippen molar-refractivity contribution in [2.24, 2.45) is 0 Å². The largest absolute Gasteiger partial charge is 0.495 e. The standard InChI is InChI=1S/C23H26N6O2/c1-16-15-21(28-22(24-16)29-13-5-6-14-29)25-17-9-11-18(12-10-17)26-23(30)27-19-7-3-4-8-20(19)31-2/h3-4,7-12,15H,5-6,13-14H2,1-2H3,(H,24,25,28)(H2,26,27,30). The van der Waals surface area contributed by atoms with Gasteiger partial charge in [0.15, 0.2) is 0 Å². The van der Waals surface area contributed by atoms with Crippen molar-refractivity contribution in [3.8, 4) is 5.75 Å². The molecule has 0 unspecified atom stereocenters. The van der Waals surface area contributed by atoms with E-state index in [2.05, 4.69) is 30.8 Å². The molecule has 8 heteroatoms. The number of rotatable bonds is 6. The highest BCUT2D eigenvalue weighted by atomic mass is 16.5. The van der Waals surface area contributed by atoms with Gasteiger partial charge in [-0.3, -0.25) is 0 Å². The molecule has 1 fully saturated rings. The second kappa shape index (κ2) is 9.34. The van der Waals surface area contributed by atoms with Gasteiger partial charge in [0, 0.05) is 36.2 Å². The van der Waals surface area contributed by atoms with Crippen LogP contribution in [0.25, 0.3) is 0 Å². The third-order valence-corrected chi connectivity index (χ3v) is 5.00. The molecule has 0 atom stereocenters. The van der Waals surface area contributed by atoms with Crippen LogP contribution in [0.2, 0.25) is 0 Å². The van der Waals surface area contributed by atoms with E-state index in [1.54, 1.807) is 19.2 Å². The number of hydrogen-bond donors (Lipinski definition) is 3. The molecular formula is C23H26N6O2. The molecular weight excluding hydrogens is 392 g/mol. The van der Waals surface area contributed by atoms with E-state index in [9.17, 15) is 4.79 Å². The molecule has 0 bridgehead atoms. The first-order valence-electron chi connectivity index (χ1n) is 10.3. The maximum atomic E-state index is 12.3. The molecule has 1 aliphatic heterocycles. The van der Waals surface area contributed by atoms with E-state index in [1.807, 2.05) is 49.4 Å². The number of methoxy groups -OCH3 is 1. The quantitative estimate of drug-likeness (QED) is 0.534. The van der Waals surface area contributed by atoms with Crippen molar-refractivity contribution in [2.75, 3.05) is 41.0 Å². The molecule has 8 nitrogen and oxygen atoms in total. The van der Waals surface area contributed by atoms with Crippen molar-refractivity contribution in [3.63, 3.8) is 0 Å². The number of nitrogens with one attached hydrogen (secondary N) is 3. The summed E-state index contributed by atoms with van der Waals surface area (Å²) in [6.45, 7) is 3.97. The van der Waals surface area contributed by atoms with Crippen LogP contribution in [0.3, 0.4) is 0 Å². The minimum absolute atomic E-state index is 0.341. The van der Waals surface area contributed by atoms with Crippen molar-refractivity contribution in [1.29, 1.82) is 0 Å². The van der Waals surface area contributed by atoms with Gasteiger partial charge in [0.1, 0.15) is 11.6 Å². The van der Waals surface area contributed by atoms with Gasteiger partial charge < -0.3 is 25.6 Å². The molecule has 160 valence electrons. The number of para-hydroxylation sites is 2. The van der Waals surface area contributed by atoms with E-state index < -0.39 is 0 Å². The Kier molecular flexibility index (Phi) is 6.16. The summed E-state index contributed by atoms with van der Waals surface area (Å²) in [5.74, 6) is 2.13. The Morgan fingerprint density at radius 2 is 1.68 bits per heavy atom. The number of amides is 2. The smallest absolute Gasteiger partial charge is 0.323 e. The first kappa shape index (κ1) is 20.5. The third-order valence-electron chi connectivity index (χ3n) is 5.00. The van der Waals surface area contributed by atoms with Gasteiger partial charge in [-0.25, -0.2) is 9.78 Å². The Bertz CT molecular complexity index is 1050. The van der Waals surface area contributed by atoms with E-state index in [1.165, 1.54) is 12.8 Å². The number of nitrogens with zero attached hydrogens (tertiary/aromatic N) is 3. The summed E-state index contributed by atoms with van der Waals surface area (Å²) in [5.41, 5.74) is 3.08. The van der Waals surface area contributed by atoms with Crippen molar-refractivity contribution in [2.45, 2.75) is 19.8 Å². The summed E-state index contributed by atoms with van der Waals surface area (Å²) in [6.07, 6.45) is 2.36. The number of aromatic nitrogens is 2. The fraction of sp³-hybridized carbons (Fsp3) is 0.261. The highest BCUT2D eigenvalue weighted by molar-refractivity contribution is 6.00. The number of carbonyl (C=O) groups is 1. The van der Waals surface area contributed by atoms with Crippen molar-refractivity contribution in [3.05, 3.63) is 60.3 Å². The zero-order chi connectivity index (χ0) is 21.6. The summed E-state index contributed by atoms with van der Waals surface area (Å²) in [7, 11) is 1.57. The van der Waals surface area contributed by atoms with Crippen molar-refractivity contribution in [1.82, 2.24) is 9.97 Å². The molecule has 1 saturated heterocycles. The van der Waals surface area contributed by atoms with Crippen LogP contribution in [-0.4, -0.2) is 36.2 Å². The van der Waals surface area contributed by atoms with Crippen LogP contribution < -0.4 is 25.6 Å². The summed E-state index contributed by atoms with van der Waals surface area (Å²) in [4.78, 5) is 23.7. The van der Waals surface area contributed by atoms with E-state index >= 15 is 0 Å². The number of ether oxygens (including phenoxy) is 1. The summed E-state index contributed by atoms with van der Waals surface area (Å²) in [5, 5.41) is 8.94. The molecule has 31 heavy (non-hydrogen) atoms. The van der Waals surface area contributed by atoms with E-state index in [0.29, 0.717) is 17.1 Å². The molecule has 3 aromatic rings. The van der Waals surface area contributed by atoms with Crippen LogP contribution in [-0.2, 0) is 0 Å². The van der Waals surface area contributed by atoms with E-state index in [4.69, 9.17) is 4.74 Å². The summed E-state index contributed by atoms with van der Waals surface area (Å²) < 4.78 is 5.25. The van der Waals surface area contributed by atoms with Gasteiger partial charge in [-0.1, -0.05) is 12.1 Å². The molecule has 4 rings (SSSR count). The van der Waals surface area contributed by atoms with Crippen LogP contribution in [0, 0.1) is 6.92 Å². The summed E-state index contributed by atoms with van der Waals surface area (Å²) in [6, 6.07) is 16.3. The first-order chi connectivity index (χ1) is 15.1. The minimum atomic E-state index is -0.341. The molecule has 0 radical (unpaired) electrons. The van der Waals surface area contributed by atoms with Gasteiger partial charge in [0.25, 0.3) is 0 Å². The molecule has 1 aromatic heterocycles. The Balaban J connectivity index is 1.39. The molecule has 2 aromatic carbocycles. The highest BCUT2D eigenvalue weighted by Crippen LogP contribution is 2.24. The second-order valence-corrected chi connectivity index (χ2v) is 7.37. The Labute approximate surface area is 181 Å². The number of urea groups is 1. The Morgan fingerprint density at radius 3 is 2.42 bits per heavy atom. The molecule has 2 heterocycles. The molecule has 3 N–H and O–H groups in total. The topological polar surface area (TPSA) is 91.4 Å². The zero-order valence-electron chi connectivity index (χ0n) is 17.7. The normalized spacial score (nSPS) is 13.0. The van der Waals surface area contributed by atoms with Gasteiger partial charge in [0.05, 0.1) is 12.8 Å². The SMILES string of the molecule is COc1ccccc1NC(=O)Nc1ccc(Nc2cc(C)nc(N3CCCC3)n2)cc1. The predicted octanol–water partition coefficient (Wildman–Crippen LogP) is 4.78. The van der Waals surface area contributed by atoms with Crippen LogP contribution in [0.5, 0.6) is 5.75 Å². The van der Waals surface area contributed by atoms with Gasteiger partial charge in [0.2, 0.25) is 5.95 Å². The summed E-state index contributed by atoms with van der Waals surface area (Å²) >= 11 is 0. The van der Waals surface area contributed by atoms with Gasteiger partial charge in [-0.2, -0.15) is 4.98 Å². The lowest BCUT2D eigenvalue weighted by Crippen LogP contribution is -2.21. The lowest BCUT2D eigenvalue weighted by molar-refractivity contribution is 0.262. The van der Waals surface area contributed by atoms with Gasteiger partial charge in [-0.15, -0.1) is 0 Å². The lowest BCUT2D eigenvalue weighted by atomic mass is 10.2. The number of anilines is 5. The van der Waals surface area contributed by atoms with Crippen LogP contribution in [0.15, 0.2) is 54.6 Å². The Morgan fingerprint density at radius 1 is 0.968 bits per heavy atom.